The van der Waals surface area contributed by atoms with Crippen LogP contribution in [0.1, 0.15) is 174 Å². The maximum absolute atomic E-state index is 13.3. The quantitative estimate of drug-likeness (QED) is 0.0531. The zero-order valence-electron chi connectivity index (χ0n) is 62.4. The topological polar surface area (TPSA) is 253 Å². The van der Waals surface area contributed by atoms with E-state index in [0.717, 1.165) is 164 Å². The summed E-state index contributed by atoms with van der Waals surface area (Å²) in [6, 6.07) is 60.5. The van der Waals surface area contributed by atoms with Gasteiger partial charge < -0.3 is 39.9 Å². The van der Waals surface area contributed by atoms with Crippen molar-refractivity contribution in [3.63, 3.8) is 0 Å². The number of piperazine rings is 2. The molecule has 2 unspecified atom stereocenters. The number of phenols is 2. The number of aromatic hydroxyl groups is 2. The first-order chi connectivity index (χ1) is 54.1. The van der Waals surface area contributed by atoms with Crippen molar-refractivity contribution in [2.45, 2.75) is 113 Å². The number of aldehydes is 1. The lowest BCUT2D eigenvalue weighted by atomic mass is 9.69. The maximum Gasteiger partial charge on any atom is 0.262 e. The van der Waals surface area contributed by atoms with Crippen molar-refractivity contribution in [3.8, 4) is 11.5 Å². The summed E-state index contributed by atoms with van der Waals surface area (Å²) in [6.45, 7) is 12.0. The summed E-state index contributed by atoms with van der Waals surface area (Å²) in [5, 5.41) is 28.0. The number of benzene rings is 8. The van der Waals surface area contributed by atoms with Crippen LogP contribution in [0.2, 0.25) is 0 Å². The summed E-state index contributed by atoms with van der Waals surface area (Å²) in [4.78, 5) is 124. The molecule has 5 N–H and O–H groups in total. The second-order valence-electron chi connectivity index (χ2n) is 31.3. The fourth-order valence-corrected chi connectivity index (χ4v) is 18.8. The van der Waals surface area contributed by atoms with E-state index in [2.05, 4.69) is 162 Å². The van der Waals surface area contributed by atoms with Crippen LogP contribution in [0.5, 0.6) is 11.5 Å². The first-order valence-corrected chi connectivity index (χ1v) is 39.6. The normalized spacial score (nSPS) is 23.0. The minimum Gasteiger partial charge on any atom is -0.508 e. The molecule has 0 spiro atoms. The summed E-state index contributed by atoms with van der Waals surface area (Å²) in [6.07, 6.45) is 9.95. The molecule has 570 valence electrons. The third-order valence-corrected chi connectivity index (χ3v) is 24.8. The van der Waals surface area contributed by atoms with E-state index in [1.54, 1.807) is 24.3 Å². The number of piperidine rings is 4. The molecule has 111 heavy (non-hydrogen) atoms. The zero-order valence-corrected chi connectivity index (χ0v) is 62.4. The van der Waals surface area contributed by atoms with Gasteiger partial charge in [-0.05, 0) is 211 Å². The van der Waals surface area contributed by atoms with Crippen LogP contribution in [0.4, 0.5) is 22.7 Å². The lowest BCUT2D eigenvalue weighted by Gasteiger charge is -2.40. The van der Waals surface area contributed by atoms with Gasteiger partial charge in [0.05, 0.1) is 22.3 Å². The molecular weight excluding hydrogens is 1400 g/mol. The van der Waals surface area contributed by atoms with Crippen molar-refractivity contribution < 1.29 is 53.4 Å². The number of aryl methyl sites for hydroxylation is 2. The largest absolute Gasteiger partial charge is 0.508 e. The van der Waals surface area contributed by atoms with Crippen molar-refractivity contribution >= 4 is 76.3 Å². The van der Waals surface area contributed by atoms with Crippen molar-refractivity contribution in [2.24, 2.45) is 11.8 Å². The summed E-state index contributed by atoms with van der Waals surface area (Å²) in [7, 11) is 0. The average Bonchev–Trinajstić information content (AvgIpc) is 1.69. The first kappa shape index (κ1) is 73.8. The third-order valence-electron chi connectivity index (χ3n) is 24.8. The Bertz CT molecular complexity index is 4850. The number of imide groups is 4. The fourth-order valence-electron chi connectivity index (χ4n) is 18.8. The standard InChI is InChI=1S/C45H47N5O5.C28H29NO2.C17H18N4O4/c51-35-12-15-37-32(26-35)8-13-36(30-4-2-1-3-5-30)42(37)31-6-9-33(10-7-31)48-20-18-29(19-21-48)28-47-22-24-49(25-23-47)34-11-14-38-39(27-34)45(55)50(44(38)54)40-16-17-41(52)46-43(40)53;30-19-20-14-16-29(17-15-20)24-9-6-22(7-10-24)28-26(21-4-2-1-3-5-21)12-8-23-18-25(31)11-13-27(23)28;22-14-4-3-13(15(23)19-14)21-16(24)11-2-1-10(9-12(11)17(21)25)20-7-5-18-6-8-20/h1-7,9-12,14-15,26-27,29,36,40,42,51H,8,13,16-25,28H2,(H,46,52,53);1-7,9-11,13,18-20,26,28,31H,8,12,14-17H2;1-2,9,13,18H,3-8H2,(H,19,22,23)/t36-,40?,42+;26-,28+;/m11./s1. The Morgan fingerprint density at radius 2 is 0.775 bits per heavy atom. The van der Waals surface area contributed by atoms with Gasteiger partial charge in [0.15, 0.2) is 0 Å². The number of amides is 8. The van der Waals surface area contributed by atoms with E-state index in [4.69, 9.17) is 0 Å². The van der Waals surface area contributed by atoms with E-state index < -0.39 is 47.5 Å². The number of fused-ring (bicyclic) bond motifs is 4. The highest BCUT2D eigenvalue weighted by Crippen LogP contribution is 2.50. The van der Waals surface area contributed by atoms with Crippen molar-refractivity contribution in [1.82, 2.24) is 30.7 Å². The van der Waals surface area contributed by atoms with E-state index in [0.29, 0.717) is 51.5 Å². The molecular formula is C90H94N10O11. The average molecular weight is 1490 g/mol. The van der Waals surface area contributed by atoms with Gasteiger partial charge in [-0.3, -0.25) is 63.7 Å². The maximum atomic E-state index is 13.3. The van der Waals surface area contributed by atoms with Crippen molar-refractivity contribution in [1.29, 1.82) is 0 Å². The molecule has 0 aromatic heterocycles. The molecule has 10 aliphatic rings. The second-order valence-corrected chi connectivity index (χ2v) is 31.3. The molecule has 6 saturated heterocycles. The van der Waals surface area contributed by atoms with E-state index in [9.17, 15) is 53.4 Å². The fraction of sp³-hybridized carbons (Fsp3) is 0.367. The number of nitrogens with one attached hydrogen (secondary N) is 3. The molecule has 6 fully saturated rings. The molecule has 21 heteroatoms. The Morgan fingerprint density at radius 1 is 0.369 bits per heavy atom. The molecule has 21 nitrogen and oxygen atoms in total. The highest BCUT2D eigenvalue weighted by Gasteiger charge is 2.47. The molecule has 0 radical (unpaired) electrons. The number of phenolic OH excluding ortho intramolecular Hbond substituents is 2. The van der Waals surface area contributed by atoms with Crippen LogP contribution in [0.3, 0.4) is 0 Å². The van der Waals surface area contributed by atoms with Gasteiger partial charge in [-0.1, -0.05) is 97.1 Å². The molecule has 8 amide bonds. The van der Waals surface area contributed by atoms with Crippen LogP contribution in [-0.4, -0.2) is 176 Å². The smallest absolute Gasteiger partial charge is 0.262 e. The Morgan fingerprint density at radius 3 is 1.21 bits per heavy atom. The Kier molecular flexibility index (Phi) is 21.5. The number of carbonyl (C=O) groups is 9. The van der Waals surface area contributed by atoms with Crippen LogP contribution in [0.25, 0.3) is 0 Å². The van der Waals surface area contributed by atoms with Gasteiger partial charge in [-0.15, -0.1) is 0 Å². The highest BCUT2D eigenvalue weighted by atomic mass is 16.3. The summed E-state index contributed by atoms with van der Waals surface area (Å²) in [5.41, 5.74) is 16.2. The number of rotatable bonds is 13. The SMILES string of the molecule is O=C1CCC(N2C(=O)c3ccc(N4CCN(CC5CCN(c6ccc([C@@H]7c8ccc(O)cc8CC[C@@H]7c7ccccc7)cc6)CC5)CC4)cc3C2=O)C(=O)N1.O=C1CCC(N2C(=O)c3ccc(N4CCNCC4)cc3C2=O)C(=O)N1.O=CC1CCN(c2ccc([C@@H]3c4ccc(O)cc4CC[C@@H]3c3ccccc3)cc2)CC1. The number of anilines is 4. The van der Waals surface area contributed by atoms with Crippen molar-refractivity contribution in [3.05, 3.63) is 249 Å². The van der Waals surface area contributed by atoms with Gasteiger partial charge in [0.2, 0.25) is 23.6 Å². The lowest BCUT2D eigenvalue weighted by Crippen LogP contribution is -2.54. The molecule has 8 aliphatic heterocycles. The summed E-state index contributed by atoms with van der Waals surface area (Å²) >= 11 is 0. The molecule has 0 bridgehead atoms. The lowest BCUT2D eigenvalue weighted by molar-refractivity contribution is -0.137. The van der Waals surface area contributed by atoms with E-state index >= 15 is 0 Å². The number of nitrogens with zero attached hydrogens (tertiary/aromatic N) is 7. The van der Waals surface area contributed by atoms with Crippen LogP contribution in [0.15, 0.2) is 182 Å². The summed E-state index contributed by atoms with van der Waals surface area (Å²) in [5.74, 6) is -0.919. The number of hydrogen-bond donors (Lipinski definition) is 5. The third kappa shape index (κ3) is 15.4. The molecule has 18 rings (SSSR count). The van der Waals surface area contributed by atoms with Crippen LogP contribution < -0.4 is 35.6 Å². The van der Waals surface area contributed by atoms with Gasteiger partial charge in [0.1, 0.15) is 29.9 Å². The highest BCUT2D eigenvalue weighted by molar-refractivity contribution is 6.25. The Hall–Kier alpha value is -11.3. The number of carbonyl (C=O) groups excluding carboxylic acids is 9. The van der Waals surface area contributed by atoms with Gasteiger partial charge in [-0.25, -0.2) is 0 Å². The second kappa shape index (κ2) is 32.3. The molecule has 8 aromatic rings. The molecule has 8 aromatic carbocycles. The Balaban J connectivity index is 0.000000140. The van der Waals surface area contributed by atoms with Gasteiger partial charge in [0.25, 0.3) is 23.6 Å². The molecule has 0 saturated carbocycles. The van der Waals surface area contributed by atoms with Crippen LogP contribution in [0, 0.1) is 11.8 Å². The first-order valence-electron chi connectivity index (χ1n) is 39.6. The van der Waals surface area contributed by atoms with Crippen LogP contribution in [-0.2, 0) is 36.8 Å². The van der Waals surface area contributed by atoms with Crippen LogP contribution >= 0.6 is 0 Å². The van der Waals surface area contributed by atoms with Crippen molar-refractivity contribution in [2.75, 3.05) is 105 Å². The van der Waals surface area contributed by atoms with E-state index in [-0.39, 0.29) is 55.3 Å². The predicted octanol–water partition coefficient (Wildman–Crippen LogP) is 10.9. The van der Waals surface area contributed by atoms with Gasteiger partial charge >= 0.3 is 0 Å². The number of hydrogen-bond acceptors (Lipinski definition) is 17. The van der Waals surface area contributed by atoms with Gasteiger partial charge in [-0.2, -0.15) is 0 Å². The minimum atomic E-state index is -0.958. The molecule has 2 aliphatic carbocycles. The Labute approximate surface area is 646 Å². The summed E-state index contributed by atoms with van der Waals surface area (Å²) < 4.78 is 0. The zero-order chi connectivity index (χ0) is 76.4. The monoisotopic (exact) mass is 1490 g/mol. The van der Waals surface area contributed by atoms with E-state index in [1.165, 1.54) is 55.9 Å². The minimum absolute atomic E-state index is 0.104. The molecule has 6 atom stereocenters. The predicted molar refractivity (Wildman–Crippen MR) is 424 cm³/mol. The molecule has 8 heterocycles. The van der Waals surface area contributed by atoms with Gasteiger partial charge in [0, 0.05) is 138 Å². The van der Waals surface area contributed by atoms with E-state index in [1.807, 2.05) is 36.4 Å².